The van der Waals surface area contributed by atoms with Gasteiger partial charge in [0, 0.05) is 11.6 Å². The molecule has 0 N–H and O–H groups in total. The molecule has 1 atom stereocenters. The largest absolute Gasteiger partial charge is 0.327 e. The van der Waals surface area contributed by atoms with Crippen molar-refractivity contribution in [2.75, 3.05) is 0 Å². The minimum Gasteiger partial charge on any atom is -0.327 e. The lowest BCUT2D eigenvalue weighted by Gasteiger charge is -2.13. The predicted octanol–water partition coefficient (Wildman–Crippen LogP) is 4.47. The van der Waals surface area contributed by atoms with E-state index < -0.39 is 0 Å². The van der Waals surface area contributed by atoms with E-state index in [0.29, 0.717) is 11.8 Å². The third kappa shape index (κ3) is 2.24. The second kappa shape index (κ2) is 4.75. The molecule has 0 amide bonds. The predicted molar refractivity (Wildman–Crippen MR) is 76.2 cm³/mol. The number of hydrogen-bond donors (Lipinski definition) is 0. The van der Waals surface area contributed by atoms with Gasteiger partial charge in [-0.25, -0.2) is 4.98 Å². The summed E-state index contributed by atoms with van der Waals surface area (Å²) in [6.45, 7) is 3.32. The third-order valence-electron chi connectivity index (χ3n) is 3.81. The molecule has 2 aromatic rings. The zero-order chi connectivity index (χ0) is 12.7. The molecule has 18 heavy (non-hydrogen) atoms. The lowest BCUT2D eigenvalue weighted by molar-refractivity contribution is 0.431. The van der Waals surface area contributed by atoms with Crippen molar-refractivity contribution in [2.24, 2.45) is 11.8 Å². The number of hydrogen-bond acceptors (Lipinski definition) is 1. The molecule has 1 aromatic heterocycles. The van der Waals surface area contributed by atoms with Crippen molar-refractivity contribution < 1.29 is 0 Å². The molecule has 0 radical (unpaired) electrons. The van der Waals surface area contributed by atoms with Crippen LogP contribution < -0.4 is 0 Å². The molecule has 1 heterocycles. The number of alkyl halides is 1. The van der Waals surface area contributed by atoms with Crippen LogP contribution in [0.5, 0.6) is 0 Å². The molecule has 1 unspecified atom stereocenters. The Morgan fingerprint density at radius 2 is 2.22 bits per heavy atom. The highest BCUT2D eigenvalue weighted by molar-refractivity contribution is 6.31. The van der Waals surface area contributed by atoms with Crippen molar-refractivity contribution in [1.82, 2.24) is 9.55 Å². The van der Waals surface area contributed by atoms with Gasteiger partial charge in [-0.05, 0) is 42.9 Å². The van der Waals surface area contributed by atoms with Crippen molar-refractivity contribution >= 4 is 34.2 Å². The fourth-order valence-electron chi connectivity index (χ4n) is 2.56. The summed E-state index contributed by atoms with van der Waals surface area (Å²) >= 11 is 12.0. The molecule has 1 aliphatic rings. The van der Waals surface area contributed by atoms with E-state index in [1.54, 1.807) is 0 Å². The highest BCUT2D eigenvalue weighted by atomic mass is 35.5. The van der Waals surface area contributed by atoms with Crippen LogP contribution in [0, 0.1) is 11.8 Å². The normalized spacial score (nSPS) is 17.3. The smallest absolute Gasteiger partial charge is 0.124 e. The van der Waals surface area contributed by atoms with Crippen LogP contribution in [0.1, 0.15) is 25.6 Å². The zero-order valence-corrected chi connectivity index (χ0v) is 11.9. The van der Waals surface area contributed by atoms with Gasteiger partial charge in [0.2, 0.25) is 0 Å². The third-order valence-corrected chi connectivity index (χ3v) is 4.28. The lowest BCUT2D eigenvalue weighted by Crippen LogP contribution is -2.11. The topological polar surface area (TPSA) is 17.8 Å². The number of imidazole rings is 1. The Bertz CT molecular complexity index is 572. The van der Waals surface area contributed by atoms with Crippen LogP contribution >= 0.6 is 23.2 Å². The van der Waals surface area contributed by atoms with Crippen LogP contribution in [0.4, 0.5) is 0 Å². The molecular formula is C14H16Cl2N2. The molecular weight excluding hydrogens is 267 g/mol. The van der Waals surface area contributed by atoms with Gasteiger partial charge in [-0.1, -0.05) is 18.5 Å². The van der Waals surface area contributed by atoms with E-state index in [2.05, 4.69) is 16.5 Å². The summed E-state index contributed by atoms with van der Waals surface area (Å²) < 4.78 is 2.25. The van der Waals surface area contributed by atoms with Crippen LogP contribution in [0.2, 0.25) is 5.02 Å². The monoisotopic (exact) mass is 282 g/mol. The number of benzene rings is 1. The Balaban J connectivity index is 2.01. The molecule has 3 rings (SSSR count). The van der Waals surface area contributed by atoms with Gasteiger partial charge in [-0.15, -0.1) is 11.6 Å². The SMILES string of the molecule is CC(Cn1c(CCl)nc2cc(Cl)ccc21)C1CC1. The molecule has 1 saturated carbocycles. The summed E-state index contributed by atoms with van der Waals surface area (Å²) in [5.41, 5.74) is 2.09. The van der Waals surface area contributed by atoms with Crippen LogP contribution in [-0.2, 0) is 12.4 Å². The van der Waals surface area contributed by atoms with Gasteiger partial charge in [0.15, 0.2) is 0 Å². The maximum absolute atomic E-state index is 6.01. The van der Waals surface area contributed by atoms with Gasteiger partial charge in [0.05, 0.1) is 16.9 Å². The fraction of sp³-hybridized carbons (Fsp3) is 0.500. The van der Waals surface area contributed by atoms with Gasteiger partial charge in [0.25, 0.3) is 0 Å². The van der Waals surface area contributed by atoms with Crippen molar-refractivity contribution in [3.8, 4) is 0 Å². The van der Waals surface area contributed by atoms with E-state index in [9.17, 15) is 0 Å². The summed E-state index contributed by atoms with van der Waals surface area (Å²) in [5, 5.41) is 0.725. The molecule has 1 fully saturated rings. The Hall–Kier alpha value is -0.730. The first-order valence-corrected chi connectivity index (χ1v) is 7.31. The molecule has 1 aliphatic carbocycles. The standard InChI is InChI=1S/C14H16Cl2N2/c1-9(10-2-3-10)8-18-13-5-4-11(16)6-12(13)17-14(18)7-15/h4-6,9-10H,2-3,7-8H2,1H3. The first kappa shape index (κ1) is 12.3. The molecule has 0 aliphatic heterocycles. The van der Waals surface area contributed by atoms with E-state index in [1.165, 1.54) is 12.8 Å². The zero-order valence-electron chi connectivity index (χ0n) is 10.4. The Kier molecular flexibility index (Phi) is 3.25. The van der Waals surface area contributed by atoms with Crippen LogP contribution in [0.15, 0.2) is 18.2 Å². The highest BCUT2D eigenvalue weighted by Gasteiger charge is 2.28. The summed E-state index contributed by atoms with van der Waals surface area (Å²) in [4.78, 5) is 4.57. The molecule has 0 spiro atoms. The minimum atomic E-state index is 0.448. The molecule has 0 bridgehead atoms. The summed E-state index contributed by atoms with van der Waals surface area (Å²) in [6, 6.07) is 5.87. The van der Waals surface area contributed by atoms with Crippen LogP contribution in [0.3, 0.4) is 0 Å². The number of halogens is 2. The van der Waals surface area contributed by atoms with E-state index in [0.717, 1.165) is 34.3 Å². The van der Waals surface area contributed by atoms with Crippen molar-refractivity contribution in [1.29, 1.82) is 0 Å². The quantitative estimate of drug-likeness (QED) is 0.757. The maximum atomic E-state index is 6.01. The fourth-order valence-corrected chi connectivity index (χ4v) is 2.93. The van der Waals surface area contributed by atoms with Crippen molar-refractivity contribution in [3.05, 3.63) is 29.0 Å². The molecule has 96 valence electrons. The van der Waals surface area contributed by atoms with E-state index in [4.69, 9.17) is 23.2 Å². The lowest BCUT2D eigenvalue weighted by atomic mass is 10.1. The van der Waals surface area contributed by atoms with Gasteiger partial charge in [0.1, 0.15) is 5.82 Å². The highest BCUT2D eigenvalue weighted by Crippen LogP contribution is 2.38. The summed E-state index contributed by atoms with van der Waals surface area (Å²) in [6.07, 6.45) is 2.74. The Labute approximate surface area is 117 Å². The first-order valence-electron chi connectivity index (χ1n) is 6.39. The minimum absolute atomic E-state index is 0.448. The number of aromatic nitrogens is 2. The second-order valence-corrected chi connectivity index (χ2v) is 5.92. The average Bonchev–Trinajstić information content (AvgIpc) is 3.14. The van der Waals surface area contributed by atoms with Crippen molar-refractivity contribution in [2.45, 2.75) is 32.2 Å². The first-order chi connectivity index (χ1) is 8.69. The van der Waals surface area contributed by atoms with Crippen LogP contribution in [0.25, 0.3) is 11.0 Å². The number of fused-ring (bicyclic) bond motifs is 1. The van der Waals surface area contributed by atoms with Gasteiger partial charge in [-0.3, -0.25) is 0 Å². The molecule has 4 heteroatoms. The van der Waals surface area contributed by atoms with Gasteiger partial charge >= 0.3 is 0 Å². The number of nitrogens with zero attached hydrogens (tertiary/aromatic N) is 2. The van der Waals surface area contributed by atoms with Crippen molar-refractivity contribution in [3.63, 3.8) is 0 Å². The summed E-state index contributed by atoms with van der Waals surface area (Å²) in [7, 11) is 0. The molecule has 2 nitrogen and oxygen atoms in total. The van der Waals surface area contributed by atoms with E-state index in [1.807, 2.05) is 18.2 Å². The van der Waals surface area contributed by atoms with Crippen LogP contribution in [-0.4, -0.2) is 9.55 Å². The Morgan fingerprint density at radius 3 is 2.89 bits per heavy atom. The number of rotatable bonds is 4. The Morgan fingerprint density at radius 1 is 1.44 bits per heavy atom. The van der Waals surface area contributed by atoms with E-state index in [-0.39, 0.29) is 0 Å². The van der Waals surface area contributed by atoms with Gasteiger partial charge in [-0.2, -0.15) is 0 Å². The maximum Gasteiger partial charge on any atom is 0.124 e. The summed E-state index contributed by atoms with van der Waals surface area (Å²) in [5.74, 6) is 2.98. The molecule has 1 aromatic carbocycles. The van der Waals surface area contributed by atoms with Gasteiger partial charge < -0.3 is 4.57 Å². The molecule has 0 saturated heterocycles. The van der Waals surface area contributed by atoms with E-state index >= 15 is 0 Å². The second-order valence-electron chi connectivity index (χ2n) is 5.22. The average molecular weight is 283 g/mol.